The van der Waals surface area contributed by atoms with Gasteiger partial charge in [0.1, 0.15) is 5.75 Å². The van der Waals surface area contributed by atoms with E-state index in [4.69, 9.17) is 22.1 Å². The largest absolute Gasteiger partial charge is 0.481 e. The molecule has 148 valence electrons. The predicted molar refractivity (Wildman–Crippen MR) is 116 cm³/mol. The lowest BCUT2D eigenvalue weighted by Crippen LogP contribution is -2.44. The maximum Gasteiger partial charge on any atom is 0.341 e. The molecule has 0 bridgehead atoms. The fourth-order valence-corrected chi connectivity index (χ4v) is 3.78. The number of para-hydroxylation sites is 1. The van der Waals surface area contributed by atoms with Crippen molar-refractivity contribution in [3.8, 4) is 5.75 Å². The molecule has 0 radical (unpaired) electrons. The maximum absolute atomic E-state index is 12.7. The summed E-state index contributed by atoms with van der Waals surface area (Å²) in [5.41, 5.74) is 3.40. The van der Waals surface area contributed by atoms with Crippen LogP contribution in [0.25, 0.3) is 6.08 Å². The van der Waals surface area contributed by atoms with E-state index in [0.29, 0.717) is 16.9 Å². The van der Waals surface area contributed by atoms with Crippen LogP contribution in [0.1, 0.15) is 15.9 Å². The first-order chi connectivity index (χ1) is 13.8. The van der Waals surface area contributed by atoms with Crippen molar-refractivity contribution in [3.05, 3.63) is 69.0 Å². The number of thioether (sulfide) groups is 1. The van der Waals surface area contributed by atoms with Crippen LogP contribution in [0.2, 0.25) is 0 Å². The fraction of sp³-hybridized carbons (Fsp3) is 0.0526. The Morgan fingerprint density at radius 2 is 1.90 bits per heavy atom. The molecular weight excluding hydrogens is 480 g/mol. The van der Waals surface area contributed by atoms with Crippen molar-refractivity contribution in [2.24, 2.45) is 0 Å². The van der Waals surface area contributed by atoms with Gasteiger partial charge in [-0.25, -0.2) is 4.79 Å². The third-order valence-corrected chi connectivity index (χ3v) is 5.50. The van der Waals surface area contributed by atoms with Crippen LogP contribution in [0.4, 0.5) is 0 Å². The number of aliphatic carboxylic acids is 1. The van der Waals surface area contributed by atoms with Crippen LogP contribution in [-0.4, -0.2) is 38.8 Å². The molecule has 1 heterocycles. The third-order valence-electron chi connectivity index (χ3n) is 3.67. The highest BCUT2D eigenvalue weighted by atomic mass is 79.9. The van der Waals surface area contributed by atoms with E-state index >= 15 is 0 Å². The minimum Gasteiger partial charge on any atom is -0.481 e. The standard InChI is InChI=1S/C19H13BrN2O5S2/c20-13-7-5-11(6-8-13)17(25)21-22-18(26)15(29-19(22)28)9-12-3-1-2-4-14(12)27-10-16(23)24/h1-9H,10H2,(H,21,25)(H,23,24)/b15-9+. The summed E-state index contributed by atoms with van der Waals surface area (Å²) in [6, 6.07) is 13.4. The van der Waals surface area contributed by atoms with Crippen LogP contribution in [0.3, 0.4) is 0 Å². The Morgan fingerprint density at radius 1 is 1.21 bits per heavy atom. The Labute approximate surface area is 183 Å². The number of ether oxygens (including phenoxy) is 1. The highest BCUT2D eigenvalue weighted by Crippen LogP contribution is 2.33. The second-order valence-electron chi connectivity index (χ2n) is 5.69. The number of halogens is 1. The Morgan fingerprint density at radius 3 is 2.59 bits per heavy atom. The molecule has 1 fully saturated rings. The lowest BCUT2D eigenvalue weighted by molar-refractivity contribution is -0.139. The molecule has 2 aromatic carbocycles. The lowest BCUT2D eigenvalue weighted by Gasteiger charge is -2.15. The van der Waals surface area contributed by atoms with Crippen molar-refractivity contribution in [3.63, 3.8) is 0 Å². The molecule has 0 saturated carbocycles. The van der Waals surface area contributed by atoms with Crippen LogP contribution in [0.15, 0.2) is 57.9 Å². The van der Waals surface area contributed by atoms with E-state index in [0.717, 1.165) is 21.2 Å². The number of carboxylic acid groups (broad SMARTS) is 1. The normalized spacial score (nSPS) is 14.9. The van der Waals surface area contributed by atoms with Crippen LogP contribution in [0.5, 0.6) is 5.75 Å². The number of thiocarbonyl (C=S) groups is 1. The second kappa shape index (κ2) is 9.21. The number of hydrogen-bond acceptors (Lipinski definition) is 6. The van der Waals surface area contributed by atoms with Gasteiger partial charge in [0, 0.05) is 15.6 Å². The van der Waals surface area contributed by atoms with E-state index in [1.54, 1.807) is 54.6 Å². The highest BCUT2D eigenvalue weighted by molar-refractivity contribution is 9.10. The van der Waals surface area contributed by atoms with Crippen molar-refractivity contribution in [2.75, 3.05) is 6.61 Å². The SMILES string of the molecule is O=C(O)COc1ccccc1/C=C1/SC(=S)N(NC(=O)c2ccc(Br)cc2)C1=O. The molecule has 2 aromatic rings. The number of benzene rings is 2. The van der Waals surface area contributed by atoms with Crippen molar-refractivity contribution < 1.29 is 24.2 Å². The molecule has 10 heteroatoms. The molecule has 1 aliphatic rings. The minimum atomic E-state index is -1.11. The molecule has 1 saturated heterocycles. The van der Waals surface area contributed by atoms with Gasteiger partial charge >= 0.3 is 5.97 Å². The zero-order valence-corrected chi connectivity index (χ0v) is 17.8. The zero-order valence-electron chi connectivity index (χ0n) is 14.6. The van der Waals surface area contributed by atoms with Crippen molar-refractivity contribution in [1.82, 2.24) is 10.4 Å². The summed E-state index contributed by atoms with van der Waals surface area (Å²) < 4.78 is 6.25. The molecule has 0 aromatic heterocycles. The smallest absolute Gasteiger partial charge is 0.341 e. The molecule has 7 nitrogen and oxygen atoms in total. The van der Waals surface area contributed by atoms with Crippen molar-refractivity contribution in [2.45, 2.75) is 0 Å². The van der Waals surface area contributed by atoms with Gasteiger partial charge in [-0.05, 0) is 48.6 Å². The number of carbonyl (C=O) groups excluding carboxylic acids is 2. The van der Waals surface area contributed by atoms with Gasteiger partial charge < -0.3 is 9.84 Å². The molecule has 0 unspecified atom stereocenters. The van der Waals surface area contributed by atoms with Gasteiger partial charge in [0.25, 0.3) is 11.8 Å². The Kier molecular flexibility index (Phi) is 6.68. The molecule has 0 aliphatic carbocycles. The lowest BCUT2D eigenvalue weighted by atomic mass is 10.2. The number of nitrogens with one attached hydrogen (secondary N) is 1. The Balaban J connectivity index is 1.77. The third kappa shape index (κ3) is 5.22. The number of carboxylic acids is 1. The van der Waals surface area contributed by atoms with Gasteiger partial charge in [0.15, 0.2) is 10.9 Å². The maximum atomic E-state index is 12.7. The van der Waals surface area contributed by atoms with E-state index in [9.17, 15) is 14.4 Å². The van der Waals surface area contributed by atoms with E-state index in [1.807, 2.05) is 0 Å². The summed E-state index contributed by atoms with van der Waals surface area (Å²) in [7, 11) is 0. The molecule has 2 amide bonds. The van der Waals surface area contributed by atoms with E-state index in [2.05, 4.69) is 21.4 Å². The first kappa shape index (κ1) is 21.0. The van der Waals surface area contributed by atoms with E-state index in [-0.39, 0.29) is 9.23 Å². The van der Waals surface area contributed by atoms with Gasteiger partial charge in [-0.2, -0.15) is 5.01 Å². The quantitative estimate of drug-likeness (QED) is 0.470. The number of hydrogen-bond donors (Lipinski definition) is 2. The highest BCUT2D eigenvalue weighted by Gasteiger charge is 2.34. The monoisotopic (exact) mass is 492 g/mol. The van der Waals surface area contributed by atoms with Crippen molar-refractivity contribution >= 4 is 68.1 Å². The summed E-state index contributed by atoms with van der Waals surface area (Å²) in [4.78, 5) is 36.1. The second-order valence-corrected chi connectivity index (χ2v) is 8.28. The zero-order chi connectivity index (χ0) is 21.0. The van der Waals surface area contributed by atoms with Crippen molar-refractivity contribution in [1.29, 1.82) is 0 Å². The number of hydrazine groups is 1. The molecule has 0 spiro atoms. The van der Waals surface area contributed by atoms with E-state index < -0.39 is 24.4 Å². The van der Waals surface area contributed by atoms with Gasteiger partial charge in [0.2, 0.25) is 0 Å². The minimum absolute atomic E-state index is 0.177. The van der Waals surface area contributed by atoms with Gasteiger partial charge in [0.05, 0.1) is 4.91 Å². The van der Waals surface area contributed by atoms with E-state index in [1.165, 1.54) is 0 Å². The molecular formula is C19H13BrN2O5S2. The average Bonchev–Trinajstić information content (AvgIpc) is 2.95. The summed E-state index contributed by atoms with van der Waals surface area (Å²) in [5, 5.41) is 9.80. The van der Waals surface area contributed by atoms with Gasteiger partial charge in [-0.3, -0.25) is 15.0 Å². The topological polar surface area (TPSA) is 95.9 Å². The number of amides is 2. The number of rotatable bonds is 6. The predicted octanol–water partition coefficient (Wildman–Crippen LogP) is 3.46. The number of nitrogens with zero attached hydrogens (tertiary/aromatic N) is 1. The molecule has 0 atom stereocenters. The van der Waals surface area contributed by atoms with Crippen LogP contribution in [-0.2, 0) is 9.59 Å². The first-order valence-electron chi connectivity index (χ1n) is 8.13. The molecule has 2 N–H and O–H groups in total. The Bertz CT molecular complexity index is 1020. The Hall–Kier alpha value is -2.69. The average molecular weight is 493 g/mol. The molecule has 29 heavy (non-hydrogen) atoms. The van der Waals surface area contributed by atoms with Gasteiger partial charge in [-0.1, -0.05) is 45.9 Å². The number of carbonyl (C=O) groups is 3. The van der Waals surface area contributed by atoms with Crippen LogP contribution in [0, 0.1) is 0 Å². The van der Waals surface area contributed by atoms with Crippen LogP contribution >= 0.6 is 39.9 Å². The van der Waals surface area contributed by atoms with Gasteiger partial charge in [-0.15, -0.1) is 0 Å². The summed E-state index contributed by atoms with van der Waals surface area (Å²) in [6.07, 6.45) is 1.54. The summed E-state index contributed by atoms with van der Waals surface area (Å²) in [6.45, 7) is -0.505. The molecule has 1 aliphatic heterocycles. The van der Waals surface area contributed by atoms with Crippen LogP contribution < -0.4 is 10.2 Å². The fourth-order valence-electron chi connectivity index (χ4n) is 2.34. The molecule has 3 rings (SSSR count). The first-order valence-corrected chi connectivity index (χ1v) is 10.1. The summed E-state index contributed by atoms with van der Waals surface area (Å²) in [5.74, 6) is -1.75. The summed E-state index contributed by atoms with van der Waals surface area (Å²) >= 11 is 9.53.